The molecule has 0 radical (unpaired) electrons. The van der Waals surface area contributed by atoms with Crippen LogP contribution in [0.1, 0.15) is 39.8 Å². The van der Waals surface area contributed by atoms with Crippen molar-refractivity contribution in [2.45, 2.75) is 57.1 Å². The molecule has 0 aliphatic heterocycles. The molecule has 0 spiro atoms. The highest BCUT2D eigenvalue weighted by molar-refractivity contribution is 5.33. The third-order valence-electron chi connectivity index (χ3n) is 8.79. The molecule has 2 N–H and O–H groups in total. The molecule has 0 fully saturated rings. The van der Waals surface area contributed by atoms with Crippen LogP contribution in [0.3, 0.4) is 0 Å². The van der Waals surface area contributed by atoms with Crippen LogP contribution in [-0.2, 0) is 46.7 Å². The Labute approximate surface area is 303 Å². The van der Waals surface area contributed by atoms with Crippen LogP contribution in [-0.4, -0.2) is 45.3 Å². The number of ether oxygens (including phenoxy) is 4. The molecule has 0 unspecified atom stereocenters. The predicted octanol–water partition coefficient (Wildman–Crippen LogP) is 7.64. The average molecular weight is 684 g/mol. The first-order valence-corrected chi connectivity index (χ1v) is 17.7. The van der Waals surface area contributed by atoms with Crippen LogP contribution in [0.15, 0.2) is 140 Å². The molecule has 0 bridgehead atoms. The maximum atomic E-state index is 9.53. The number of rotatable bonds is 22. The van der Waals surface area contributed by atoms with Gasteiger partial charge in [-0.25, -0.2) is 0 Å². The zero-order valence-corrected chi connectivity index (χ0v) is 29.5. The molecule has 7 heteroatoms. The first-order chi connectivity index (χ1) is 25.2. The van der Waals surface area contributed by atoms with Crippen molar-refractivity contribution in [1.29, 1.82) is 5.26 Å². The number of hydrogen-bond donors (Lipinski definition) is 2. The van der Waals surface area contributed by atoms with Gasteiger partial charge in [0, 0.05) is 32.3 Å². The van der Waals surface area contributed by atoms with Gasteiger partial charge in [-0.3, -0.25) is 0 Å². The fourth-order valence-corrected chi connectivity index (χ4v) is 6.10. The van der Waals surface area contributed by atoms with Gasteiger partial charge in [0.05, 0.1) is 31.0 Å². The zero-order valence-electron chi connectivity index (χ0n) is 29.5. The average Bonchev–Trinajstić information content (AvgIpc) is 3.19. The van der Waals surface area contributed by atoms with E-state index in [9.17, 15) is 5.26 Å². The summed E-state index contributed by atoms with van der Waals surface area (Å²) in [5.74, 6) is 0.835. The number of nitrogens with zero attached hydrogens (tertiary/aromatic N) is 1. The Balaban J connectivity index is 1.40. The maximum absolute atomic E-state index is 9.53. The van der Waals surface area contributed by atoms with E-state index in [-0.39, 0.29) is 25.0 Å². The molecular weight excluding hydrogens is 635 g/mol. The molecule has 0 amide bonds. The van der Waals surface area contributed by atoms with Gasteiger partial charge in [0.25, 0.3) is 0 Å². The smallest absolute Gasteiger partial charge is 0.147 e. The summed E-state index contributed by atoms with van der Waals surface area (Å²) in [7, 11) is 1.67. The second-order valence-electron chi connectivity index (χ2n) is 12.6. The number of methoxy groups -OCH3 is 1. The summed E-state index contributed by atoms with van der Waals surface area (Å²) < 4.78 is 24.0. The minimum atomic E-state index is -0.270. The second kappa shape index (κ2) is 21.4. The van der Waals surface area contributed by atoms with Gasteiger partial charge in [-0.1, -0.05) is 115 Å². The molecule has 51 heavy (non-hydrogen) atoms. The van der Waals surface area contributed by atoms with Crippen LogP contribution < -0.4 is 15.4 Å². The van der Waals surface area contributed by atoms with Gasteiger partial charge in [0.15, 0.2) is 0 Å². The number of aryl methyl sites for hydroxylation is 1. The monoisotopic (exact) mass is 683 g/mol. The van der Waals surface area contributed by atoms with Gasteiger partial charge in [-0.05, 0) is 71.3 Å². The lowest BCUT2D eigenvalue weighted by molar-refractivity contribution is -0.117. The molecule has 3 atom stereocenters. The van der Waals surface area contributed by atoms with Crippen molar-refractivity contribution in [3.8, 4) is 11.8 Å². The summed E-state index contributed by atoms with van der Waals surface area (Å²) in [5, 5.41) is 17.3. The summed E-state index contributed by atoms with van der Waals surface area (Å²) in [5.41, 5.74) is 6.43. The van der Waals surface area contributed by atoms with Crippen LogP contribution in [0.2, 0.25) is 0 Å². The number of nitrogens with one attached hydrogen (secondary N) is 2. The summed E-state index contributed by atoms with van der Waals surface area (Å²) in [6.45, 7) is 2.81. The fraction of sp³-hybridized carbons (Fsp3) is 0.295. The van der Waals surface area contributed by atoms with Crippen molar-refractivity contribution >= 4 is 0 Å². The number of hydrogen-bond acceptors (Lipinski definition) is 7. The molecule has 5 aromatic rings. The van der Waals surface area contributed by atoms with E-state index < -0.39 is 0 Å². The molecular formula is C44H49N3O4. The Morgan fingerprint density at radius 3 is 1.92 bits per heavy atom. The Bertz CT molecular complexity index is 1730. The third-order valence-corrected chi connectivity index (χ3v) is 8.79. The van der Waals surface area contributed by atoms with Gasteiger partial charge in [-0.2, -0.15) is 5.26 Å². The second-order valence-corrected chi connectivity index (χ2v) is 12.6. The molecule has 0 heterocycles. The quantitative estimate of drug-likeness (QED) is 0.0573. The van der Waals surface area contributed by atoms with E-state index in [1.165, 1.54) is 11.1 Å². The van der Waals surface area contributed by atoms with Crippen molar-refractivity contribution in [2.75, 3.05) is 27.1 Å². The van der Waals surface area contributed by atoms with Crippen molar-refractivity contribution in [3.05, 3.63) is 173 Å². The SMILES string of the molecule is COCCOCO[C@H]([C@@H](CCc1ccccc1)NCc1cccc(OCc2ccccc2)c1)[C@@H](Cc1ccccc1)NCc1cccc(C#N)c1. The first-order valence-electron chi connectivity index (χ1n) is 17.7. The Morgan fingerprint density at radius 1 is 0.627 bits per heavy atom. The number of benzene rings is 5. The van der Waals surface area contributed by atoms with Crippen molar-refractivity contribution in [2.24, 2.45) is 0 Å². The predicted molar refractivity (Wildman–Crippen MR) is 202 cm³/mol. The van der Waals surface area contributed by atoms with Crippen LogP contribution in [0.5, 0.6) is 5.75 Å². The van der Waals surface area contributed by atoms with E-state index in [1.807, 2.05) is 54.6 Å². The summed E-state index contributed by atoms with van der Waals surface area (Å²) >= 11 is 0. The topological polar surface area (TPSA) is 84.8 Å². The zero-order chi connectivity index (χ0) is 35.4. The van der Waals surface area contributed by atoms with Gasteiger partial charge in [0.1, 0.15) is 19.1 Å². The van der Waals surface area contributed by atoms with E-state index in [0.29, 0.717) is 38.5 Å². The summed E-state index contributed by atoms with van der Waals surface area (Å²) in [6, 6.07) is 49.5. The van der Waals surface area contributed by atoms with Crippen molar-refractivity contribution in [3.63, 3.8) is 0 Å². The highest BCUT2D eigenvalue weighted by Gasteiger charge is 2.31. The van der Waals surface area contributed by atoms with E-state index in [0.717, 1.165) is 41.7 Å². The summed E-state index contributed by atoms with van der Waals surface area (Å²) in [6.07, 6.45) is 2.20. The highest BCUT2D eigenvalue weighted by Crippen LogP contribution is 2.20. The molecule has 0 aliphatic carbocycles. The lowest BCUT2D eigenvalue weighted by Gasteiger charge is -2.35. The van der Waals surface area contributed by atoms with Crippen LogP contribution in [0.25, 0.3) is 0 Å². The third kappa shape index (κ3) is 13.1. The largest absolute Gasteiger partial charge is 0.489 e. The van der Waals surface area contributed by atoms with Gasteiger partial charge < -0.3 is 29.6 Å². The van der Waals surface area contributed by atoms with Gasteiger partial charge in [0.2, 0.25) is 0 Å². The number of nitriles is 1. The molecule has 7 nitrogen and oxygen atoms in total. The van der Waals surface area contributed by atoms with Crippen molar-refractivity contribution < 1.29 is 18.9 Å². The molecule has 5 rings (SSSR count). The van der Waals surface area contributed by atoms with Gasteiger partial charge >= 0.3 is 0 Å². The van der Waals surface area contributed by atoms with E-state index >= 15 is 0 Å². The Kier molecular flexibility index (Phi) is 15.7. The van der Waals surface area contributed by atoms with E-state index in [1.54, 1.807) is 7.11 Å². The normalized spacial score (nSPS) is 12.9. The molecule has 0 aliphatic rings. The Hall–Kier alpha value is -4.81. The van der Waals surface area contributed by atoms with E-state index in [4.69, 9.17) is 18.9 Å². The summed E-state index contributed by atoms with van der Waals surface area (Å²) in [4.78, 5) is 0. The van der Waals surface area contributed by atoms with Crippen molar-refractivity contribution in [1.82, 2.24) is 10.6 Å². The standard InChI is InChI=1S/C44H49N3O4/c1-48-25-26-49-34-51-44(43(29-36-15-7-3-8-16-36)47-31-39-20-11-19-38(27-39)30-45)42(24-23-35-13-5-2-6-14-35)46-32-40-21-12-22-41(28-40)50-33-37-17-9-4-10-18-37/h2-22,27-28,42-44,46-47H,23-26,29,31-34H2,1H3/t42-,43-,44-/m1/s1. The van der Waals surface area contributed by atoms with Crippen LogP contribution in [0, 0.1) is 11.3 Å². The minimum Gasteiger partial charge on any atom is -0.489 e. The minimum absolute atomic E-state index is 0.0446. The molecule has 0 saturated heterocycles. The lowest BCUT2D eigenvalue weighted by atomic mass is 9.92. The lowest BCUT2D eigenvalue weighted by Crippen LogP contribution is -2.54. The molecule has 0 aromatic heterocycles. The molecule has 5 aromatic carbocycles. The first kappa shape index (κ1) is 37.4. The van der Waals surface area contributed by atoms with Gasteiger partial charge in [-0.15, -0.1) is 0 Å². The van der Waals surface area contributed by atoms with Crippen LogP contribution >= 0.6 is 0 Å². The van der Waals surface area contributed by atoms with E-state index in [2.05, 4.69) is 102 Å². The van der Waals surface area contributed by atoms with Crippen LogP contribution in [0.4, 0.5) is 0 Å². The highest BCUT2D eigenvalue weighted by atomic mass is 16.7. The Morgan fingerprint density at radius 2 is 1.24 bits per heavy atom. The molecule has 0 saturated carbocycles. The maximum Gasteiger partial charge on any atom is 0.147 e. The fourth-order valence-electron chi connectivity index (χ4n) is 6.10. The molecule has 264 valence electrons.